The summed E-state index contributed by atoms with van der Waals surface area (Å²) in [7, 11) is 0. The number of carbonyl (C=O) groups excluding carboxylic acids is 1. The first kappa shape index (κ1) is 17.6. The monoisotopic (exact) mass is 337 g/mol. The zero-order valence-electron chi connectivity index (χ0n) is 14.6. The fourth-order valence-corrected chi connectivity index (χ4v) is 3.39. The average Bonchev–Trinajstić information content (AvgIpc) is 3.08. The van der Waals surface area contributed by atoms with Gasteiger partial charge in [0.15, 0.2) is 0 Å². The highest BCUT2D eigenvalue weighted by Crippen LogP contribution is 2.16. The Morgan fingerprint density at radius 1 is 1.12 bits per heavy atom. The standard InChI is InChI=1S/C21H27N3O/c22-20(18-9-5-2-6-10-18)11-12-21(25)23-19-13-14-24(16-19)15-17-7-3-1-4-8-17/h1-10,19-20H,11-16,22H2,(H,23,25). The minimum Gasteiger partial charge on any atom is -0.352 e. The zero-order chi connectivity index (χ0) is 17.5. The third-order valence-electron chi connectivity index (χ3n) is 4.80. The van der Waals surface area contributed by atoms with E-state index in [9.17, 15) is 4.79 Å². The molecule has 2 unspecified atom stereocenters. The Morgan fingerprint density at radius 2 is 1.80 bits per heavy atom. The summed E-state index contributed by atoms with van der Waals surface area (Å²) in [6.07, 6.45) is 2.17. The third kappa shape index (κ3) is 5.41. The van der Waals surface area contributed by atoms with E-state index in [1.165, 1.54) is 5.56 Å². The Kier molecular flexibility index (Phi) is 6.20. The number of hydrogen-bond donors (Lipinski definition) is 2. The van der Waals surface area contributed by atoms with E-state index in [1.54, 1.807) is 0 Å². The van der Waals surface area contributed by atoms with Crippen LogP contribution in [0.1, 0.15) is 36.4 Å². The molecule has 0 radical (unpaired) electrons. The highest BCUT2D eigenvalue weighted by Gasteiger charge is 2.23. The summed E-state index contributed by atoms with van der Waals surface area (Å²) in [5.74, 6) is 0.109. The molecule has 1 saturated heterocycles. The molecular weight excluding hydrogens is 310 g/mol. The predicted octanol–water partition coefficient (Wildman–Crippen LogP) is 2.86. The Balaban J connectivity index is 1.39. The second-order valence-corrected chi connectivity index (χ2v) is 6.83. The molecule has 2 atom stereocenters. The van der Waals surface area contributed by atoms with Crippen molar-refractivity contribution in [3.05, 3.63) is 71.8 Å². The van der Waals surface area contributed by atoms with Crippen molar-refractivity contribution in [1.29, 1.82) is 0 Å². The number of nitrogens with two attached hydrogens (primary N) is 1. The van der Waals surface area contributed by atoms with E-state index in [4.69, 9.17) is 5.73 Å². The number of likely N-dealkylation sites (tertiary alicyclic amines) is 1. The molecule has 25 heavy (non-hydrogen) atoms. The quantitative estimate of drug-likeness (QED) is 0.817. The molecule has 1 heterocycles. The smallest absolute Gasteiger partial charge is 0.220 e. The summed E-state index contributed by atoms with van der Waals surface area (Å²) < 4.78 is 0. The molecule has 1 fully saturated rings. The third-order valence-corrected chi connectivity index (χ3v) is 4.80. The van der Waals surface area contributed by atoms with Crippen LogP contribution < -0.4 is 11.1 Å². The van der Waals surface area contributed by atoms with Crippen LogP contribution in [0.4, 0.5) is 0 Å². The van der Waals surface area contributed by atoms with Crippen LogP contribution in [0.5, 0.6) is 0 Å². The maximum Gasteiger partial charge on any atom is 0.220 e. The number of nitrogens with zero attached hydrogens (tertiary/aromatic N) is 1. The summed E-state index contributed by atoms with van der Waals surface area (Å²) >= 11 is 0. The Bertz CT molecular complexity index is 659. The molecule has 3 rings (SSSR count). The molecule has 4 nitrogen and oxygen atoms in total. The number of rotatable bonds is 7. The molecule has 3 N–H and O–H groups in total. The molecular formula is C21H27N3O. The van der Waals surface area contributed by atoms with Gasteiger partial charge in [0.1, 0.15) is 0 Å². The van der Waals surface area contributed by atoms with E-state index >= 15 is 0 Å². The molecule has 0 bridgehead atoms. The van der Waals surface area contributed by atoms with Crippen molar-refractivity contribution in [3.8, 4) is 0 Å². The molecule has 1 aliphatic rings. The maximum atomic E-state index is 12.2. The number of hydrogen-bond acceptors (Lipinski definition) is 3. The van der Waals surface area contributed by atoms with Crippen LogP contribution >= 0.6 is 0 Å². The van der Waals surface area contributed by atoms with Crippen LogP contribution in [0.15, 0.2) is 60.7 Å². The highest BCUT2D eigenvalue weighted by atomic mass is 16.1. The second kappa shape index (κ2) is 8.79. The first-order valence-corrected chi connectivity index (χ1v) is 9.07. The summed E-state index contributed by atoms with van der Waals surface area (Å²) in [6.45, 7) is 2.90. The van der Waals surface area contributed by atoms with E-state index in [-0.39, 0.29) is 18.0 Å². The fraction of sp³-hybridized carbons (Fsp3) is 0.381. The molecule has 4 heteroatoms. The van der Waals surface area contributed by atoms with Gasteiger partial charge in [0.25, 0.3) is 0 Å². The summed E-state index contributed by atoms with van der Waals surface area (Å²) in [6, 6.07) is 20.6. The van der Waals surface area contributed by atoms with Gasteiger partial charge >= 0.3 is 0 Å². The van der Waals surface area contributed by atoms with Gasteiger partial charge in [-0.05, 0) is 24.0 Å². The van der Waals surface area contributed by atoms with E-state index in [0.29, 0.717) is 12.8 Å². The van der Waals surface area contributed by atoms with Crippen LogP contribution in [-0.2, 0) is 11.3 Å². The lowest BCUT2D eigenvalue weighted by Gasteiger charge is -2.17. The molecule has 0 spiro atoms. The van der Waals surface area contributed by atoms with Gasteiger partial charge in [0.05, 0.1) is 0 Å². The number of benzene rings is 2. The molecule has 2 aromatic carbocycles. The number of amides is 1. The van der Waals surface area contributed by atoms with Crippen LogP contribution in [-0.4, -0.2) is 29.9 Å². The predicted molar refractivity (Wildman–Crippen MR) is 101 cm³/mol. The normalized spacial score (nSPS) is 18.8. The van der Waals surface area contributed by atoms with Gasteiger partial charge < -0.3 is 11.1 Å². The van der Waals surface area contributed by atoms with E-state index < -0.39 is 0 Å². The van der Waals surface area contributed by atoms with Gasteiger partial charge in [-0.2, -0.15) is 0 Å². The lowest BCUT2D eigenvalue weighted by Crippen LogP contribution is -2.37. The highest BCUT2D eigenvalue weighted by molar-refractivity contribution is 5.76. The van der Waals surface area contributed by atoms with Crippen molar-refractivity contribution >= 4 is 5.91 Å². The molecule has 0 saturated carbocycles. The van der Waals surface area contributed by atoms with Crippen molar-refractivity contribution < 1.29 is 4.79 Å². The Labute approximate surface area is 150 Å². The topological polar surface area (TPSA) is 58.4 Å². The van der Waals surface area contributed by atoms with Crippen LogP contribution in [0.2, 0.25) is 0 Å². The Morgan fingerprint density at radius 3 is 2.52 bits per heavy atom. The van der Waals surface area contributed by atoms with Crippen LogP contribution in [0, 0.1) is 0 Å². The first-order valence-electron chi connectivity index (χ1n) is 9.07. The largest absolute Gasteiger partial charge is 0.352 e. The van der Waals surface area contributed by atoms with Crippen molar-refractivity contribution in [1.82, 2.24) is 10.2 Å². The minimum absolute atomic E-state index is 0.0786. The van der Waals surface area contributed by atoms with E-state index in [2.05, 4.69) is 34.5 Å². The van der Waals surface area contributed by atoms with Gasteiger partial charge in [-0.25, -0.2) is 0 Å². The first-order chi connectivity index (χ1) is 12.2. The van der Waals surface area contributed by atoms with Gasteiger partial charge in [0.2, 0.25) is 5.91 Å². The van der Waals surface area contributed by atoms with Crippen molar-refractivity contribution in [2.75, 3.05) is 13.1 Å². The fourth-order valence-electron chi connectivity index (χ4n) is 3.39. The zero-order valence-corrected chi connectivity index (χ0v) is 14.6. The summed E-state index contributed by atoms with van der Waals surface area (Å²) in [4.78, 5) is 14.6. The van der Waals surface area contributed by atoms with Gasteiger partial charge in [-0.3, -0.25) is 9.69 Å². The second-order valence-electron chi connectivity index (χ2n) is 6.83. The maximum absolute atomic E-state index is 12.2. The van der Waals surface area contributed by atoms with Crippen molar-refractivity contribution in [2.24, 2.45) is 5.73 Å². The Hall–Kier alpha value is -2.17. The average molecular weight is 337 g/mol. The number of nitrogens with one attached hydrogen (secondary N) is 1. The van der Waals surface area contributed by atoms with Gasteiger partial charge in [-0.1, -0.05) is 60.7 Å². The molecule has 1 aliphatic heterocycles. The van der Waals surface area contributed by atoms with E-state index in [0.717, 1.165) is 31.6 Å². The number of carbonyl (C=O) groups is 1. The van der Waals surface area contributed by atoms with Crippen molar-refractivity contribution in [3.63, 3.8) is 0 Å². The van der Waals surface area contributed by atoms with E-state index in [1.807, 2.05) is 36.4 Å². The molecule has 0 aliphatic carbocycles. The van der Waals surface area contributed by atoms with Gasteiger partial charge in [-0.15, -0.1) is 0 Å². The summed E-state index contributed by atoms with van der Waals surface area (Å²) in [5.41, 5.74) is 8.58. The molecule has 0 aromatic heterocycles. The molecule has 1 amide bonds. The lowest BCUT2D eigenvalue weighted by molar-refractivity contribution is -0.121. The molecule has 132 valence electrons. The van der Waals surface area contributed by atoms with Gasteiger partial charge in [0, 0.05) is 38.1 Å². The summed E-state index contributed by atoms with van der Waals surface area (Å²) in [5, 5.41) is 3.17. The van der Waals surface area contributed by atoms with Crippen molar-refractivity contribution in [2.45, 2.75) is 37.9 Å². The molecule has 2 aromatic rings. The van der Waals surface area contributed by atoms with Crippen LogP contribution in [0.25, 0.3) is 0 Å². The SMILES string of the molecule is NC(CCC(=O)NC1CCN(Cc2ccccc2)C1)c1ccccc1. The van der Waals surface area contributed by atoms with Crippen LogP contribution in [0.3, 0.4) is 0 Å². The lowest BCUT2D eigenvalue weighted by atomic mass is 10.0. The minimum atomic E-state index is -0.0786.